The van der Waals surface area contributed by atoms with Gasteiger partial charge in [-0.1, -0.05) is 24.3 Å². The van der Waals surface area contributed by atoms with Crippen LogP contribution in [0, 0.1) is 20.2 Å². The molecule has 1 fully saturated rings. The monoisotopic (exact) mass is 455 g/mol. The lowest BCUT2D eigenvalue weighted by atomic mass is 10.0. The van der Waals surface area contributed by atoms with Crippen molar-refractivity contribution in [2.24, 2.45) is 0 Å². The summed E-state index contributed by atoms with van der Waals surface area (Å²) in [6.07, 6.45) is 3.88. The molecule has 1 saturated heterocycles. The molecule has 3 aromatic carbocycles. The number of hydrogen-bond acceptors (Lipinski definition) is 6. The lowest BCUT2D eigenvalue weighted by molar-refractivity contribution is -0.385. The number of benzene rings is 3. The van der Waals surface area contributed by atoms with E-state index in [0.29, 0.717) is 24.2 Å². The number of nitro benzene ring substituents is 2. The van der Waals surface area contributed by atoms with Crippen LogP contribution in [0.1, 0.15) is 17.5 Å². The van der Waals surface area contributed by atoms with Gasteiger partial charge in [0.15, 0.2) is 5.78 Å². The van der Waals surface area contributed by atoms with E-state index in [-0.39, 0.29) is 23.6 Å². The minimum atomic E-state index is -0.458. The fraction of sp³-hybridized carbons (Fsp3) is 0.115. The van der Waals surface area contributed by atoms with Crippen LogP contribution in [0.2, 0.25) is 0 Å². The topological polar surface area (TPSA) is 107 Å². The molecular weight excluding hydrogens is 434 g/mol. The van der Waals surface area contributed by atoms with Gasteiger partial charge in [0.1, 0.15) is 0 Å². The third-order valence-electron chi connectivity index (χ3n) is 5.54. The lowest BCUT2D eigenvalue weighted by Gasteiger charge is -2.24. The Morgan fingerprint density at radius 2 is 1.24 bits per heavy atom. The summed E-state index contributed by atoms with van der Waals surface area (Å²) in [6.45, 7) is 0.905. The van der Waals surface area contributed by atoms with Crippen LogP contribution in [-0.2, 0) is 4.79 Å². The Bertz CT molecular complexity index is 1280. The summed E-state index contributed by atoms with van der Waals surface area (Å²) in [5.41, 5.74) is 3.95. The molecule has 0 saturated carbocycles. The predicted molar refractivity (Wildman–Crippen MR) is 130 cm³/mol. The van der Waals surface area contributed by atoms with Gasteiger partial charge < -0.3 is 4.90 Å². The van der Waals surface area contributed by atoms with Crippen molar-refractivity contribution in [2.75, 3.05) is 18.0 Å². The molecule has 0 radical (unpaired) electrons. The van der Waals surface area contributed by atoms with Crippen molar-refractivity contribution in [3.8, 4) is 0 Å². The van der Waals surface area contributed by atoms with E-state index < -0.39 is 9.85 Å². The van der Waals surface area contributed by atoms with Gasteiger partial charge in [-0.25, -0.2) is 0 Å². The molecule has 0 atom stereocenters. The standard InChI is InChI=1S/C26H21N3O5/c30-26-16-21(14-19-6-10-24(11-7-19)28(31)32)17-27(23-4-2-1-3-5-23)18-22(26)15-20-8-12-25(13-9-20)29(33)34/h1-15H,16-18H2/b21-14-,22-15+. The van der Waals surface area contributed by atoms with Gasteiger partial charge in [-0.15, -0.1) is 0 Å². The Labute approximate surface area is 195 Å². The second-order valence-electron chi connectivity index (χ2n) is 7.96. The maximum atomic E-state index is 13.2. The number of Topliss-reactive ketones (excluding diaryl/α,β-unsaturated/α-hetero) is 1. The van der Waals surface area contributed by atoms with Crippen LogP contribution < -0.4 is 4.90 Å². The average molecular weight is 455 g/mol. The number of hydrogen-bond donors (Lipinski definition) is 0. The van der Waals surface area contributed by atoms with Crippen molar-refractivity contribution in [1.29, 1.82) is 0 Å². The highest BCUT2D eigenvalue weighted by atomic mass is 16.6. The first-order chi connectivity index (χ1) is 16.4. The van der Waals surface area contributed by atoms with E-state index >= 15 is 0 Å². The van der Waals surface area contributed by atoms with E-state index in [1.54, 1.807) is 30.3 Å². The van der Waals surface area contributed by atoms with Gasteiger partial charge in [-0.05, 0) is 59.2 Å². The van der Waals surface area contributed by atoms with Crippen molar-refractivity contribution in [2.45, 2.75) is 6.42 Å². The van der Waals surface area contributed by atoms with Crippen LogP contribution >= 0.6 is 0 Å². The van der Waals surface area contributed by atoms with Crippen molar-refractivity contribution in [3.63, 3.8) is 0 Å². The molecule has 0 spiro atoms. The molecule has 0 aliphatic carbocycles. The first-order valence-electron chi connectivity index (χ1n) is 10.6. The SMILES string of the molecule is O=C1C/C(=C/c2ccc([N+](=O)[O-])cc2)CN(c2ccccc2)C/C1=C\c1ccc([N+](=O)[O-])cc1. The van der Waals surface area contributed by atoms with Crippen molar-refractivity contribution < 1.29 is 14.6 Å². The minimum absolute atomic E-state index is 0.00595. The van der Waals surface area contributed by atoms with Gasteiger partial charge in [0.25, 0.3) is 11.4 Å². The molecule has 3 aromatic rings. The number of nitro groups is 2. The van der Waals surface area contributed by atoms with Gasteiger partial charge in [0.05, 0.1) is 9.85 Å². The second-order valence-corrected chi connectivity index (χ2v) is 7.96. The summed E-state index contributed by atoms with van der Waals surface area (Å²) >= 11 is 0. The van der Waals surface area contributed by atoms with Crippen LogP contribution in [0.4, 0.5) is 17.1 Å². The molecule has 1 aliphatic rings. The number of anilines is 1. The highest BCUT2D eigenvalue weighted by Crippen LogP contribution is 2.26. The third kappa shape index (κ3) is 5.42. The summed E-state index contributed by atoms with van der Waals surface area (Å²) in [4.78, 5) is 36.2. The largest absolute Gasteiger partial charge is 0.363 e. The minimum Gasteiger partial charge on any atom is -0.363 e. The molecule has 0 bridgehead atoms. The van der Waals surface area contributed by atoms with E-state index in [1.165, 1.54) is 24.3 Å². The molecule has 8 nitrogen and oxygen atoms in total. The first-order valence-corrected chi connectivity index (χ1v) is 10.6. The van der Waals surface area contributed by atoms with E-state index in [9.17, 15) is 25.0 Å². The number of non-ortho nitro benzene ring substituents is 2. The molecule has 4 rings (SSSR count). The second kappa shape index (κ2) is 9.91. The fourth-order valence-electron chi connectivity index (χ4n) is 3.84. The van der Waals surface area contributed by atoms with Crippen LogP contribution in [0.5, 0.6) is 0 Å². The van der Waals surface area contributed by atoms with E-state index in [0.717, 1.165) is 16.8 Å². The summed E-state index contributed by atoms with van der Waals surface area (Å²) in [5, 5.41) is 21.9. The molecule has 0 aromatic heterocycles. The summed E-state index contributed by atoms with van der Waals surface area (Å²) in [5.74, 6) is -0.0371. The quantitative estimate of drug-likeness (QED) is 0.288. The zero-order valence-electron chi connectivity index (χ0n) is 18.2. The summed E-state index contributed by atoms with van der Waals surface area (Å²) in [6, 6.07) is 22.1. The van der Waals surface area contributed by atoms with E-state index in [1.807, 2.05) is 36.4 Å². The van der Waals surface area contributed by atoms with E-state index in [4.69, 9.17) is 0 Å². The highest BCUT2D eigenvalue weighted by molar-refractivity contribution is 6.03. The smallest absolute Gasteiger partial charge is 0.269 e. The Kier molecular flexibility index (Phi) is 6.59. The van der Waals surface area contributed by atoms with Gasteiger partial charge >= 0.3 is 0 Å². The average Bonchev–Trinajstić information content (AvgIpc) is 2.98. The molecule has 8 heteroatoms. The van der Waals surface area contributed by atoms with Gasteiger partial charge in [-0.3, -0.25) is 25.0 Å². The van der Waals surface area contributed by atoms with Crippen LogP contribution in [0.25, 0.3) is 12.2 Å². The zero-order chi connectivity index (χ0) is 24.1. The Hall–Kier alpha value is -4.59. The highest BCUT2D eigenvalue weighted by Gasteiger charge is 2.23. The van der Waals surface area contributed by atoms with Crippen LogP contribution in [-0.4, -0.2) is 28.7 Å². The summed E-state index contributed by atoms with van der Waals surface area (Å²) < 4.78 is 0. The third-order valence-corrected chi connectivity index (χ3v) is 5.54. The molecule has 1 heterocycles. The summed E-state index contributed by atoms with van der Waals surface area (Å²) in [7, 11) is 0. The number of nitrogens with zero attached hydrogens (tertiary/aromatic N) is 3. The number of para-hydroxylation sites is 1. The lowest BCUT2D eigenvalue weighted by Crippen LogP contribution is -2.26. The molecule has 1 aliphatic heterocycles. The van der Waals surface area contributed by atoms with Gasteiger partial charge in [-0.2, -0.15) is 0 Å². The number of carbonyl (C=O) groups is 1. The van der Waals surface area contributed by atoms with Gasteiger partial charge in [0, 0.05) is 55.0 Å². The molecule has 34 heavy (non-hydrogen) atoms. The van der Waals surface area contributed by atoms with Crippen molar-refractivity contribution in [1.82, 2.24) is 0 Å². The molecule has 0 N–H and O–H groups in total. The molecule has 0 amide bonds. The number of ketones is 1. The maximum Gasteiger partial charge on any atom is 0.269 e. The molecule has 170 valence electrons. The zero-order valence-corrected chi connectivity index (χ0v) is 18.2. The maximum absolute atomic E-state index is 13.2. The fourth-order valence-corrected chi connectivity index (χ4v) is 3.84. The van der Waals surface area contributed by atoms with Crippen LogP contribution in [0.3, 0.4) is 0 Å². The molecular formula is C26H21N3O5. The Balaban J connectivity index is 1.67. The van der Waals surface area contributed by atoms with Crippen molar-refractivity contribution >= 4 is 35.0 Å². The Morgan fingerprint density at radius 3 is 1.76 bits per heavy atom. The van der Waals surface area contributed by atoms with E-state index in [2.05, 4.69) is 4.90 Å². The predicted octanol–water partition coefficient (Wildman–Crippen LogP) is 5.45. The van der Waals surface area contributed by atoms with Crippen molar-refractivity contribution in [3.05, 3.63) is 121 Å². The number of carbonyl (C=O) groups excluding carboxylic acids is 1. The Morgan fingerprint density at radius 1 is 0.706 bits per heavy atom. The van der Waals surface area contributed by atoms with Crippen LogP contribution in [0.15, 0.2) is 90.0 Å². The van der Waals surface area contributed by atoms with Gasteiger partial charge in [0.2, 0.25) is 0 Å². The molecule has 0 unspecified atom stereocenters. The number of rotatable bonds is 5. The normalized spacial score (nSPS) is 16.5. The first kappa shape index (κ1) is 22.6.